The molecular formula is C11H17NO4. The SMILES string of the molecule is CCC(CC)N1CC(C(=O)O)=C(C(=O)O)C1. The molecule has 5 heteroatoms. The maximum atomic E-state index is 10.9. The van der Waals surface area contributed by atoms with E-state index in [1.165, 1.54) is 0 Å². The lowest BCUT2D eigenvalue weighted by Crippen LogP contribution is -2.33. The lowest BCUT2D eigenvalue weighted by atomic mass is 10.1. The molecule has 0 aromatic carbocycles. The van der Waals surface area contributed by atoms with Crippen LogP contribution in [0.5, 0.6) is 0 Å². The van der Waals surface area contributed by atoms with Crippen LogP contribution in [0.2, 0.25) is 0 Å². The first-order valence-electron chi connectivity index (χ1n) is 5.43. The van der Waals surface area contributed by atoms with Crippen molar-refractivity contribution in [2.24, 2.45) is 0 Å². The van der Waals surface area contributed by atoms with Crippen molar-refractivity contribution in [1.82, 2.24) is 4.90 Å². The van der Waals surface area contributed by atoms with Crippen molar-refractivity contribution in [3.05, 3.63) is 11.1 Å². The first-order valence-corrected chi connectivity index (χ1v) is 5.43. The number of rotatable bonds is 5. The molecule has 2 N–H and O–H groups in total. The molecule has 1 rings (SSSR count). The van der Waals surface area contributed by atoms with Crippen molar-refractivity contribution in [2.75, 3.05) is 13.1 Å². The summed E-state index contributed by atoms with van der Waals surface area (Å²) < 4.78 is 0. The third-order valence-electron chi connectivity index (χ3n) is 3.06. The molecule has 0 radical (unpaired) electrons. The summed E-state index contributed by atoms with van der Waals surface area (Å²) in [4.78, 5) is 23.8. The van der Waals surface area contributed by atoms with Gasteiger partial charge in [-0.15, -0.1) is 0 Å². The molecule has 0 saturated heterocycles. The minimum absolute atomic E-state index is 0.0272. The average Bonchev–Trinajstić information content (AvgIpc) is 2.64. The summed E-state index contributed by atoms with van der Waals surface area (Å²) in [6, 6.07) is 0.256. The maximum absolute atomic E-state index is 10.9. The lowest BCUT2D eigenvalue weighted by Gasteiger charge is -2.25. The van der Waals surface area contributed by atoms with E-state index < -0.39 is 11.9 Å². The second kappa shape index (κ2) is 5.12. The number of aliphatic carboxylic acids is 2. The van der Waals surface area contributed by atoms with Crippen LogP contribution in [0.15, 0.2) is 11.1 Å². The van der Waals surface area contributed by atoms with Crippen LogP contribution in [0.3, 0.4) is 0 Å². The zero-order valence-electron chi connectivity index (χ0n) is 9.56. The highest BCUT2D eigenvalue weighted by Crippen LogP contribution is 2.22. The number of nitrogens with zero attached hydrogens (tertiary/aromatic N) is 1. The van der Waals surface area contributed by atoms with E-state index in [1.54, 1.807) is 0 Å². The van der Waals surface area contributed by atoms with Gasteiger partial charge in [0.25, 0.3) is 0 Å². The molecule has 0 saturated carbocycles. The van der Waals surface area contributed by atoms with Gasteiger partial charge in [-0.25, -0.2) is 9.59 Å². The molecule has 0 spiro atoms. The van der Waals surface area contributed by atoms with Gasteiger partial charge in [0, 0.05) is 19.1 Å². The highest BCUT2D eigenvalue weighted by molar-refractivity contribution is 6.00. The van der Waals surface area contributed by atoms with Gasteiger partial charge >= 0.3 is 11.9 Å². The van der Waals surface area contributed by atoms with Crippen LogP contribution < -0.4 is 0 Å². The Hall–Kier alpha value is -1.36. The zero-order valence-corrected chi connectivity index (χ0v) is 9.56. The summed E-state index contributed by atoms with van der Waals surface area (Å²) in [6.07, 6.45) is 1.80. The second-order valence-corrected chi connectivity index (χ2v) is 3.94. The van der Waals surface area contributed by atoms with Crippen molar-refractivity contribution in [2.45, 2.75) is 32.7 Å². The Kier molecular flexibility index (Phi) is 4.06. The number of hydrogen-bond acceptors (Lipinski definition) is 3. The highest BCUT2D eigenvalue weighted by Gasteiger charge is 2.32. The fourth-order valence-electron chi connectivity index (χ4n) is 2.11. The Morgan fingerprint density at radius 1 is 1.12 bits per heavy atom. The minimum atomic E-state index is -1.12. The summed E-state index contributed by atoms with van der Waals surface area (Å²) in [5.74, 6) is -2.24. The van der Waals surface area contributed by atoms with Crippen molar-refractivity contribution in [3.8, 4) is 0 Å². The van der Waals surface area contributed by atoms with E-state index >= 15 is 0 Å². The molecule has 90 valence electrons. The predicted molar refractivity (Wildman–Crippen MR) is 58.2 cm³/mol. The van der Waals surface area contributed by atoms with Gasteiger partial charge in [0.15, 0.2) is 0 Å². The van der Waals surface area contributed by atoms with Crippen LogP contribution >= 0.6 is 0 Å². The summed E-state index contributed by atoms with van der Waals surface area (Å²) in [6.45, 7) is 4.52. The Labute approximate surface area is 94.4 Å². The normalized spacial score (nSPS) is 17.2. The number of hydrogen-bond donors (Lipinski definition) is 2. The van der Waals surface area contributed by atoms with Crippen LogP contribution in [-0.2, 0) is 9.59 Å². The van der Waals surface area contributed by atoms with Crippen LogP contribution in [0.1, 0.15) is 26.7 Å². The molecule has 0 amide bonds. The molecule has 1 aliphatic rings. The van der Waals surface area contributed by atoms with Gasteiger partial charge in [-0.2, -0.15) is 0 Å². The Bertz CT molecular complexity index is 305. The number of carbonyl (C=O) groups is 2. The van der Waals surface area contributed by atoms with E-state index in [0.29, 0.717) is 0 Å². The fraction of sp³-hybridized carbons (Fsp3) is 0.636. The van der Waals surface area contributed by atoms with Gasteiger partial charge in [-0.1, -0.05) is 13.8 Å². The molecule has 0 fully saturated rings. The molecule has 5 nitrogen and oxygen atoms in total. The number of carboxylic acid groups (broad SMARTS) is 2. The molecule has 16 heavy (non-hydrogen) atoms. The molecule has 0 aromatic rings. The van der Waals surface area contributed by atoms with Gasteiger partial charge < -0.3 is 10.2 Å². The summed E-state index contributed by atoms with van der Waals surface area (Å²) in [5.41, 5.74) is 0.0544. The summed E-state index contributed by atoms with van der Waals surface area (Å²) in [5, 5.41) is 17.9. The second-order valence-electron chi connectivity index (χ2n) is 3.94. The van der Waals surface area contributed by atoms with E-state index in [0.717, 1.165) is 12.8 Å². The minimum Gasteiger partial charge on any atom is -0.478 e. The first kappa shape index (κ1) is 12.7. The predicted octanol–water partition coefficient (Wildman–Crippen LogP) is 0.956. The Morgan fingerprint density at radius 3 is 1.75 bits per heavy atom. The first-order chi connectivity index (χ1) is 7.51. The van der Waals surface area contributed by atoms with Crippen molar-refractivity contribution in [3.63, 3.8) is 0 Å². The maximum Gasteiger partial charge on any atom is 0.333 e. The molecule has 0 aromatic heterocycles. The molecule has 0 aliphatic carbocycles. The topological polar surface area (TPSA) is 77.8 Å². The van der Waals surface area contributed by atoms with E-state index in [9.17, 15) is 9.59 Å². The summed E-state index contributed by atoms with van der Waals surface area (Å²) >= 11 is 0. The third-order valence-corrected chi connectivity index (χ3v) is 3.06. The van der Waals surface area contributed by atoms with Crippen molar-refractivity contribution in [1.29, 1.82) is 0 Å². The van der Waals surface area contributed by atoms with Gasteiger partial charge in [0.2, 0.25) is 0 Å². The molecular weight excluding hydrogens is 210 g/mol. The summed E-state index contributed by atoms with van der Waals surface area (Å²) in [7, 11) is 0. The smallest absolute Gasteiger partial charge is 0.333 e. The van der Waals surface area contributed by atoms with Crippen molar-refractivity contribution >= 4 is 11.9 Å². The molecule has 1 aliphatic heterocycles. The van der Waals surface area contributed by atoms with Gasteiger partial charge in [0.1, 0.15) is 0 Å². The lowest BCUT2D eigenvalue weighted by molar-refractivity contribution is -0.135. The highest BCUT2D eigenvalue weighted by atomic mass is 16.4. The average molecular weight is 227 g/mol. The monoisotopic (exact) mass is 227 g/mol. The van der Waals surface area contributed by atoms with Gasteiger partial charge in [-0.05, 0) is 12.8 Å². The van der Waals surface area contributed by atoms with E-state index in [-0.39, 0.29) is 30.3 Å². The van der Waals surface area contributed by atoms with Gasteiger partial charge in [-0.3, -0.25) is 4.90 Å². The Morgan fingerprint density at radius 2 is 1.50 bits per heavy atom. The Balaban J connectivity index is 2.85. The largest absolute Gasteiger partial charge is 0.478 e. The van der Waals surface area contributed by atoms with Crippen LogP contribution in [0, 0.1) is 0 Å². The van der Waals surface area contributed by atoms with E-state index in [1.807, 2.05) is 18.7 Å². The van der Waals surface area contributed by atoms with Crippen LogP contribution in [0.4, 0.5) is 0 Å². The third kappa shape index (κ3) is 2.41. The fourth-order valence-corrected chi connectivity index (χ4v) is 2.11. The molecule has 0 unspecified atom stereocenters. The molecule has 0 bridgehead atoms. The standard InChI is InChI=1S/C11H17NO4/c1-3-7(4-2)12-5-8(10(13)14)9(6-12)11(15)16/h7H,3-6H2,1-2H3,(H,13,14)(H,15,16). The van der Waals surface area contributed by atoms with E-state index in [2.05, 4.69) is 0 Å². The molecule has 0 atom stereocenters. The zero-order chi connectivity index (χ0) is 12.3. The van der Waals surface area contributed by atoms with Crippen molar-refractivity contribution < 1.29 is 19.8 Å². The molecule has 1 heterocycles. The number of carboxylic acids is 2. The quantitative estimate of drug-likeness (QED) is 0.731. The van der Waals surface area contributed by atoms with Gasteiger partial charge in [0.05, 0.1) is 11.1 Å². The van der Waals surface area contributed by atoms with E-state index in [4.69, 9.17) is 10.2 Å². The van der Waals surface area contributed by atoms with Crippen LogP contribution in [-0.4, -0.2) is 46.2 Å². The van der Waals surface area contributed by atoms with Crippen LogP contribution in [0.25, 0.3) is 0 Å².